The number of carbonyl (C=O) groups is 1. The van der Waals surface area contributed by atoms with Gasteiger partial charge in [0.15, 0.2) is 0 Å². The Bertz CT molecular complexity index is 446. The van der Waals surface area contributed by atoms with E-state index in [9.17, 15) is 4.79 Å². The SMILES string of the molecule is COC(C)(C)CCN(CC(N)=O)Cc1cccc(N)c1. The first kappa shape index (κ1) is 16.5. The summed E-state index contributed by atoms with van der Waals surface area (Å²) in [6.07, 6.45) is 0.819. The molecule has 0 fully saturated rings. The lowest BCUT2D eigenvalue weighted by Gasteiger charge is -2.28. The molecule has 1 amide bonds. The molecule has 0 aliphatic rings. The quantitative estimate of drug-likeness (QED) is 0.704. The second kappa shape index (κ2) is 7.26. The van der Waals surface area contributed by atoms with Crippen molar-refractivity contribution in [3.05, 3.63) is 29.8 Å². The summed E-state index contributed by atoms with van der Waals surface area (Å²) in [6, 6.07) is 7.66. The van der Waals surface area contributed by atoms with E-state index in [-0.39, 0.29) is 18.1 Å². The van der Waals surface area contributed by atoms with Gasteiger partial charge < -0.3 is 16.2 Å². The lowest BCUT2D eigenvalue weighted by Crippen LogP contribution is -2.37. The molecule has 112 valence electrons. The van der Waals surface area contributed by atoms with Gasteiger partial charge in [-0.15, -0.1) is 0 Å². The molecule has 4 N–H and O–H groups in total. The van der Waals surface area contributed by atoms with E-state index in [1.165, 1.54) is 0 Å². The summed E-state index contributed by atoms with van der Waals surface area (Å²) in [7, 11) is 1.69. The maximum absolute atomic E-state index is 11.2. The van der Waals surface area contributed by atoms with Crippen molar-refractivity contribution in [1.82, 2.24) is 4.90 Å². The number of primary amides is 1. The number of nitrogens with zero attached hydrogens (tertiary/aromatic N) is 1. The first-order chi connectivity index (χ1) is 9.32. The van der Waals surface area contributed by atoms with Crippen LogP contribution >= 0.6 is 0 Å². The van der Waals surface area contributed by atoms with Gasteiger partial charge in [-0.2, -0.15) is 0 Å². The summed E-state index contributed by atoms with van der Waals surface area (Å²) < 4.78 is 5.40. The normalized spacial score (nSPS) is 11.8. The summed E-state index contributed by atoms with van der Waals surface area (Å²) in [5.41, 5.74) is 12.7. The lowest BCUT2D eigenvalue weighted by atomic mass is 10.0. The molecule has 0 radical (unpaired) electrons. The lowest BCUT2D eigenvalue weighted by molar-refractivity contribution is -0.119. The number of hydrogen-bond donors (Lipinski definition) is 2. The predicted molar refractivity (Wildman–Crippen MR) is 81.0 cm³/mol. The van der Waals surface area contributed by atoms with E-state index in [0.717, 1.165) is 24.2 Å². The molecule has 1 aromatic carbocycles. The smallest absolute Gasteiger partial charge is 0.231 e. The largest absolute Gasteiger partial charge is 0.399 e. The average Bonchev–Trinajstić information content (AvgIpc) is 2.35. The predicted octanol–water partition coefficient (Wildman–Crippen LogP) is 1.37. The minimum absolute atomic E-state index is 0.217. The van der Waals surface area contributed by atoms with E-state index >= 15 is 0 Å². The number of nitrogen functional groups attached to an aromatic ring is 1. The third-order valence-corrected chi connectivity index (χ3v) is 3.32. The van der Waals surface area contributed by atoms with Crippen molar-refractivity contribution in [2.75, 3.05) is 25.9 Å². The van der Waals surface area contributed by atoms with E-state index in [0.29, 0.717) is 6.54 Å². The molecular weight excluding hydrogens is 254 g/mol. The molecule has 0 bridgehead atoms. The van der Waals surface area contributed by atoms with Crippen molar-refractivity contribution in [2.24, 2.45) is 5.73 Å². The third kappa shape index (κ3) is 6.04. The molecule has 0 saturated heterocycles. The molecular formula is C15H25N3O2. The Morgan fingerprint density at radius 2 is 2.10 bits per heavy atom. The van der Waals surface area contributed by atoms with Gasteiger partial charge in [-0.1, -0.05) is 12.1 Å². The van der Waals surface area contributed by atoms with Crippen LogP contribution in [0.1, 0.15) is 25.8 Å². The summed E-state index contributed by atoms with van der Waals surface area (Å²) in [6.45, 7) is 5.66. The summed E-state index contributed by atoms with van der Waals surface area (Å²) in [5.74, 6) is -0.330. The zero-order chi connectivity index (χ0) is 15.2. The van der Waals surface area contributed by atoms with Crippen molar-refractivity contribution in [1.29, 1.82) is 0 Å². The Morgan fingerprint density at radius 1 is 1.40 bits per heavy atom. The highest BCUT2D eigenvalue weighted by Gasteiger charge is 2.19. The van der Waals surface area contributed by atoms with Crippen LogP contribution < -0.4 is 11.5 Å². The number of nitrogens with two attached hydrogens (primary N) is 2. The van der Waals surface area contributed by atoms with Crippen molar-refractivity contribution >= 4 is 11.6 Å². The highest BCUT2D eigenvalue weighted by atomic mass is 16.5. The Kier molecular flexibility index (Phi) is 5.98. The first-order valence-electron chi connectivity index (χ1n) is 6.72. The van der Waals surface area contributed by atoms with Crippen LogP contribution in [0.5, 0.6) is 0 Å². The fourth-order valence-corrected chi connectivity index (χ4v) is 1.91. The zero-order valence-corrected chi connectivity index (χ0v) is 12.6. The van der Waals surface area contributed by atoms with E-state index in [2.05, 4.69) is 0 Å². The van der Waals surface area contributed by atoms with E-state index < -0.39 is 0 Å². The van der Waals surface area contributed by atoms with Crippen LogP contribution in [0.4, 0.5) is 5.69 Å². The summed E-state index contributed by atoms with van der Waals surface area (Å²) in [4.78, 5) is 13.2. The molecule has 0 atom stereocenters. The van der Waals surface area contributed by atoms with Gasteiger partial charge in [0.25, 0.3) is 0 Å². The topological polar surface area (TPSA) is 81.6 Å². The third-order valence-electron chi connectivity index (χ3n) is 3.32. The molecule has 20 heavy (non-hydrogen) atoms. The van der Waals surface area contributed by atoms with Crippen molar-refractivity contribution in [3.63, 3.8) is 0 Å². The van der Waals surface area contributed by atoms with Gasteiger partial charge in [0.05, 0.1) is 12.1 Å². The van der Waals surface area contributed by atoms with Gasteiger partial charge in [-0.25, -0.2) is 0 Å². The van der Waals surface area contributed by atoms with Gasteiger partial charge in [-0.05, 0) is 38.0 Å². The standard InChI is InChI=1S/C15H25N3O2/c1-15(2,20-3)7-8-18(11-14(17)19)10-12-5-4-6-13(16)9-12/h4-6,9H,7-8,10-11,16H2,1-3H3,(H2,17,19). The molecule has 0 spiro atoms. The van der Waals surface area contributed by atoms with Crippen LogP contribution in [-0.4, -0.2) is 36.6 Å². The fraction of sp³-hybridized carbons (Fsp3) is 0.533. The van der Waals surface area contributed by atoms with Crippen LogP contribution in [0.3, 0.4) is 0 Å². The first-order valence-corrected chi connectivity index (χ1v) is 6.72. The second-order valence-corrected chi connectivity index (χ2v) is 5.64. The minimum atomic E-state index is -0.330. The van der Waals surface area contributed by atoms with Gasteiger partial charge in [-0.3, -0.25) is 9.69 Å². The van der Waals surface area contributed by atoms with Crippen LogP contribution in [0.25, 0.3) is 0 Å². The Hall–Kier alpha value is -1.59. The second-order valence-electron chi connectivity index (χ2n) is 5.64. The number of methoxy groups -OCH3 is 1. The number of carbonyl (C=O) groups excluding carboxylic acids is 1. The number of ether oxygens (including phenoxy) is 1. The number of hydrogen-bond acceptors (Lipinski definition) is 4. The van der Waals surface area contributed by atoms with Crippen LogP contribution in [0.2, 0.25) is 0 Å². The Morgan fingerprint density at radius 3 is 2.65 bits per heavy atom. The zero-order valence-electron chi connectivity index (χ0n) is 12.6. The number of rotatable bonds is 8. The van der Waals surface area contributed by atoms with Gasteiger partial charge >= 0.3 is 0 Å². The van der Waals surface area contributed by atoms with Gasteiger partial charge in [0.1, 0.15) is 0 Å². The number of anilines is 1. The van der Waals surface area contributed by atoms with Gasteiger partial charge in [0.2, 0.25) is 5.91 Å². The van der Waals surface area contributed by atoms with Crippen molar-refractivity contribution in [2.45, 2.75) is 32.4 Å². The van der Waals surface area contributed by atoms with Crippen LogP contribution in [-0.2, 0) is 16.1 Å². The molecule has 0 saturated carbocycles. The Balaban J connectivity index is 2.67. The molecule has 0 heterocycles. The molecule has 0 unspecified atom stereocenters. The van der Waals surface area contributed by atoms with Crippen molar-refractivity contribution < 1.29 is 9.53 Å². The monoisotopic (exact) mass is 279 g/mol. The molecule has 0 aromatic heterocycles. The van der Waals surface area contributed by atoms with Crippen molar-refractivity contribution in [3.8, 4) is 0 Å². The maximum Gasteiger partial charge on any atom is 0.231 e. The number of amides is 1. The van der Waals surface area contributed by atoms with E-state index in [4.69, 9.17) is 16.2 Å². The van der Waals surface area contributed by atoms with Crippen LogP contribution in [0.15, 0.2) is 24.3 Å². The van der Waals surface area contributed by atoms with Gasteiger partial charge in [0, 0.05) is 25.9 Å². The summed E-state index contributed by atoms with van der Waals surface area (Å²) in [5, 5.41) is 0. The number of benzene rings is 1. The van der Waals surface area contributed by atoms with E-state index in [1.54, 1.807) is 7.11 Å². The maximum atomic E-state index is 11.2. The molecule has 5 heteroatoms. The average molecular weight is 279 g/mol. The molecule has 0 aliphatic carbocycles. The Labute approximate surface area is 120 Å². The highest BCUT2D eigenvalue weighted by molar-refractivity contribution is 5.75. The fourth-order valence-electron chi connectivity index (χ4n) is 1.91. The molecule has 1 rings (SSSR count). The van der Waals surface area contributed by atoms with E-state index in [1.807, 2.05) is 43.0 Å². The molecule has 5 nitrogen and oxygen atoms in total. The summed E-state index contributed by atoms with van der Waals surface area (Å²) >= 11 is 0. The highest BCUT2D eigenvalue weighted by Crippen LogP contribution is 2.15. The minimum Gasteiger partial charge on any atom is -0.399 e. The van der Waals surface area contributed by atoms with Crippen LogP contribution in [0, 0.1) is 0 Å². The molecule has 0 aliphatic heterocycles. The molecule has 1 aromatic rings.